The summed E-state index contributed by atoms with van der Waals surface area (Å²) in [7, 11) is -3.35. The molecule has 0 unspecified atom stereocenters. The molecule has 0 atom stereocenters. The minimum Gasteiger partial charge on any atom is -0.367 e. The molecule has 0 amide bonds. The van der Waals surface area contributed by atoms with Crippen LogP contribution in [0.4, 0.5) is 14.5 Å². The zero-order valence-corrected chi connectivity index (χ0v) is 21.5. The zero-order valence-electron chi connectivity index (χ0n) is 19.8. The maximum Gasteiger partial charge on any atom is 0.287 e. The van der Waals surface area contributed by atoms with E-state index in [0.29, 0.717) is 36.8 Å². The van der Waals surface area contributed by atoms with E-state index in [1.807, 2.05) is 4.90 Å². The molecule has 11 heteroatoms. The first-order chi connectivity index (χ1) is 16.1. The number of thioether (sulfide) groups is 1. The van der Waals surface area contributed by atoms with E-state index in [0.717, 1.165) is 54.3 Å². The van der Waals surface area contributed by atoms with Gasteiger partial charge in [0.1, 0.15) is 11.6 Å². The minimum atomic E-state index is -3.35. The largest absolute Gasteiger partial charge is 0.367 e. The molecule has 1 saturated heterocycles. The summed E-state index contributed by atoms with van der Waals surface area (Å²) in [6, 6.07) is 2.89. The van der Waals surface area contributed by atoms with E-state index in [-0.39, 0.29) is 5.69 Å². The molecule has 0 spiro atoms. The van der Waals surface area contributed by atoms with Gasteiger partial charge in [-0.15, -0.1) is 11.8 Å². The number of rotatable bonds is 10. The van der Waals surface area contributed by atoms with Crippen molar-refractivity contribution in [3.05, 3.63) is 46.4 Å². The summed E-state index contributed by atoms with van der Waals surface area (Å²) < 4.78 is 55.1. The lowest BCUT2D eigenvalue weighted by atomic mass is 10.2. The fourth-order valence-corrected chi connectivity index (χ4v) is 6.18. The molecule has 0 saturated carbocycles. The van der Waals surface area contributed by atoms with Crippen LogP contribution in [0, 0.1) is 11.6 Å². The number of unbranched alkanes of at least 4 members (excludes halogenated alkanes) is 3. The molecule has 0 N–H and O–H groups in total. The Morgan fingerprint density at radius 2 is 1.68 bits per heavy atom. The van der Waals surface area contributed by atoms with Gasteiger partial charge in [0.05, 0.1) is 27.7 Å². The van der Waals surface area contributed by atoms with Crippen molar-refractivity contribution in [2.75, 3.05) is 36.8 Å². The third-order valence-electron chi connectivity index (χ3n) is 5.79. The highest BCUT2D eigenvalue weighted by Crippen LogP contribution is 2.29. The summed E-state index contributed by atoms with van der Waals surface area (Å²) >= 11 is 1.41. The third-order valence-corrected chi connectivity index (χ3v) is 9.23. The second kappa shape index (κ2) is 11.6. The zero-order chi connectivity index (χ0) is 24.9. The average molecular weight is 515 g/mol. The molecule has 2 aromatic rings. The molecule has 2 heterocycles. The lowest BCUT2D eigenvalue weighted by Crippen LogP contribution is -2.50. The first-order valence-corrected chi connectivity index (χ1v) is 14.1. The normalized spacial score (nSPS) is 15.3. The topological polar surface area (TPSA) is 75.5 Å². The smallest absolute Gasteiger partial charge is 0.287 e. The number of nitrogens with zero attached hydrogens (tertiary/aromatic N) is 4. The van der Waals surface area contributed by atoms with E-state index in [1.165, 1.54) is 22.3 Å². The number of piperazine rings is 1. The maximum atomic E-state index is 13.8. The number of aromatic nitrogens is 2. The summed E-state index contributed by atoms with van der Waals surface area (Å²) in [5.74, 6) is -0.848. The Bertz CT molecular complexity index is 1130. The highest BCUT2D eigenvalue weighted by atomic mass is 32.2. The van der Waals surface area contributed by atoms with E-state index >= 15 is 0 Å². The minimum absolute atomic E-state index is 0.0229. The van der Waals surface area contributed by atoms with Gasteiger partial charge in [0.25, 0.3) is 5.56 Å². The first kappa shape index (κ1) is 26.6. The van der Waals surface area contributed by atoms with Gasteiger partial charge in [-0.2, -0.15) is 14.1 Å². The van der Waals surface area contributed by atoms with Crippen molar-refractivity contribution in [1.29, 1.82) is 0 Å². The summed E-state index contributed by atoms with van der Waals surface area (Å²) in [5, 5.41) is 3.71. The summed E-state index contributed by atoms with van der Waals surface area (Å²) in [5.41, 5.74) is 0.204. The lowest BCUT2D eigenvalue weighted by molar-refractivity contribution is 0.380. The monoisotopic (exact) mass is 514 g/mol. The van der Waals surface area contributed by atoms with Crippen LogP contribution < -0.4 is 10.5 Å². The fraction of sp³-hybridized carbons (Fsp3) is 0.565. The van der Waals surface area contributed by atoms with Crippen molar-refractivity contribution in [2.24, 2.45) is 0 Å². The van der Waals surface area contributed by atoms with Crippen LogP contribution in [0.15, 0.2) is 34.1 Å². The Morgan fingerprint density at radius 1 is 1.03 bits per heavy atom. The first-order valence-electron chi connectivity index (χ1n) is 11.6. The number of hydrogen-bond acceptors (Lipinski definition) is 6. The molecule has 7 nitrogen and oxygen atoms in total. The van der Waals surface area contributed by atoms with Crippen molar-refractivity contribution in [3.8, 4) is 5.69 Å². The van der Waals surface area contributed by atoms with Gasteiger partial charge >= 0.3 is 0 Å². The van der Waals surface area contributed by atoms with Crippen molar-refractivity contribution in [1.82, 2.24) is 14.1 Å². The molecule has 1 aromatic carbocycles. The van der Waals surface area contributed by atoms with Crippen LogP contribution in [0.3, 0.4) is 0 Å². The highest BCUT2D eigenvalue weighted by molar-refractivity contribution is 7.99. The van der Waals surface area contributed by atoms with Crippen LogP contribution >= 0.6 is 11.8 Å². The van der Waals surface area contributed by atoms with E-state index in [1.54, 1.807) is 13.8 Å². The van der Waals surface area contributed by atoms with Gasteiger partial charge in [0, 0.05) is 32.2 Å². The number of sulfonamides is 1. The van der Waals surface area contributed by atoms with E-state index in [2.05, 4.69) is 12.0 Å². The van der Waals surface area contributed by atoms with Crippen molar-refractivity contribution in [3.63, 3.8) is 0 Å². The molecular formula is C23H32F2N4O3S2. The number of hydrogen-bond donors (Lipinski definition) is 0. The van der Waals surface area contributed by atoms with Gasteiger partial charge < -0.3 is 4.90 Å². The fourth-order valence-electron chi connectivity index (χ4n) is 3.82. The van der Waals surface area contributed by atoms with E-state index in [4.69, 9.17) is 0 Å². The Balaban J connectivity index is 1.90. The van der Waals surface area contributed by atoms with Gasteiger partial charge in [-0.1, -0.05) is 26.2 Å². The Kier molecular flexibility index (Phi) is 9.11. The van der Waals surface area contributed by atoms with Gasteiger partial charge in [-0.25, -0.2) is 17.2 Å². The van der Waals surface area contributed by atoms with E-state index < -0.39 is 32.5 Å². The van der Waals surface area contributed by atoms with Crippen LogP contribution in [-0.4, -0.2) is 59.7 Å². The molecule has 1 aromatic heterocycles. The molecule has 0 bridgehead atoms. The molecule has 0 radical (unpaired) electrons. The molecular weight excluding hydrogens is 482 g/mol. The third kappa shape index (κ3) is 6.17. The maximum absolute atomic E-state index is 13.8. The van der Waals surface area contributed by atoms with Crippen LogP contribution in [0.25, 0.3) is 5.69 Å². The molecule has 1 fully saturated rings. The predicted molar refractivity (Wildman–Crippen MR) is 132 cm³/mol. The summed E-state index contributed by atoms with van der Waals surface area (Å²) in [6.45, 7) is 6.94. The molecule has 0 aliphatic carbocycles. The molecule has 34 heavy (non-hydrogen) atoms. The van der Waals surface area contributed by atoms with Crippen LogP contribution in [0.2, 0.25) is 0 Å². The highest BCUT2D eigenvalue weighted by Gasteiger charge is 2.30. The van der Waals surface area contributed by atoms with Crippen molar-refractivity contribution >= 4 is 27.5 Å². The quantitative estimate of drug-likeness (QED) is 0.352. The summed E-state index contributed by atoms with van der Waals surface area (Å²) in [4.78, 5) is 15.8. The molecule has 1 aliphatic rings. The number of halogens is 2. The SMILES string of the molecule is CCCCCCSc1c(N2CCN(S(=O)(=O)C(C)C)CC2)cnn(-c2cc(F)cc(F)c2)c1=O. The Morgan fingerprint density at radius 3 is 2.26 bits per heavy atom. The number of anilines is 1. The standard InChI is InChI=1S/C23H32F2N4O3S2/c1-4-5-6-7-12-33-22-21(27-8-10-28(11-9-27)34(31,32)17(2)3)16-26-29(23(22)30)20-14-18(24)13-19(25)15-20/h13-17H,4-12H2,1-3H3. The average Bonchev–Trinajstić information content (AvgIpc) is 2.79. The van der Waals surface area contributed by atoms with Crippen LogP contribution in [0.5, 0.6) is 0 Å². The summed E-state index contributed by atoms with van der Waals surface area (Å²) in [6.07, 6.45) is 5.74. The van der Waals surface area contributed by atoms with Crippen LogP contribution in [0.1, 0.15) is 46.5 Å². The van der Waals surface area contributed by atoms with E-state index in [9.17, 15) is 22.0 Å². The Labute approximate surface area is 204 Å². The van der Waals surface area contributed by atoms with Gasteiger partial charge in [0.15, 0.2) is 0 Å². The van der Waals surface area contributed by atoms with Crippen molar-refractivity contribution < 1.29 is 17.2 Å². The second-order valence-corrected chi connectivity index (χ2v) is 12.2. The second-order valence-electron chi connectivity index (χ2n) is 8.59. The lowest BCUT2D eigenvalue weighted by Gasteiger charge is -2.36. The molecule has 3 rings (SSSR count). The Hall–Kier alpha value is -1.98. The predicted octanol–water partition coefficient (Wildman–Crippen LogP) is 4.04. The molecule has 1 aliphatic heterocycles. The van der Waals surface area contributed by atoms with Gasteiger partial charge in [-0.05, 0) is 38.2 Å². The molecule has 188 valence electrons. The van der Waals surface area contributed by atoms with Crippen molar-refractivity contribution in [2.45, 2.75) is 56.6 Å². The number of benzene rings is 1. The van der Waals surface area contributed by atoms with Gasteiger partial charge in [0.2, 0.25) is 10.0 Å². The van der Waals surface area contributed by atoms with Crippen LogP contribution in [-0.2, 0) is 10.0 Å². The van der Waals surface area contributed by atoms with Gasteiger partial charge in [-0.3, -0.25) is 4.79 Å².